The van der Waals surface area contributed by atoms with Crippen molar-refractivity contribution in [2.24, 2.45) is 0 Å². The van der Waals surface area contributed by atoms with E-state index >= 15 is 0 Å². The second kappa shape index (κ2) is 8.07. The van der Waals surface area contributed by atoms with Crippen molar-refractivity contribution in [2.75, 3.05) is 26.8 Å². The van der Waals surface area contributed by atoms with E-state index < -0.39 is 0 Å². The highest BCUT2D eigenvalue weighted by Crippen LogP contribution is 2.17. The standard InChI is InChI=1S/C15H22N2O2S/c1-18-14-7-3-2-5-12(14)8-9-16-15(20)17-11-13-6-4-10-19-13/h2-3,5,7,13H,4,6,8-11H2,1H3,(H2,16,17,20)/t13-/m0/s1. The number of hydrogen-bond acceptors (Lipinski definition) is 3. The maximum Gasteiger partial charge on any atom is 0.166 e. The van der Waals surface area contributed by atoms with E-state index in [1.54, 1.807) is 7.11 Å². The van der Waals surface area contributed by atoms with E-state index in [2.05, 4.69) is 16.7 Å². The monoisotopic (exact) mass is 294 g/mol. The molecule has 1 saturated heterocycles. The average molecular weight is 294 g/mol. The average Bonchev–Trinajstić information content (AvgIpc) is 2.99. The molecule has 0 aliphatic carbocycles. The Morgan fingerprint density at radius 2 is 2.25 bits per heavy atom. The molecule has 1 fully saturated rings. The van der Waals surface area contributed by atoms with Gasteiger partial charge in [-0.2, -0.15) is 0 Å². The van der Waals surface area contributed by atoms with Gasteiger partial charge in [0, 0.05) is 19.7 Å². The quantitative estimate of drug-likeness (QED) is 0.784. The number of ether oxygens (including phenoxy) is 2. The summed E-state index contributed by atoms with van der Waals surface area (Å²) in [5.74, 6) is 0.924. The van der Waals surface area contributed by atoms with Crippen molar-refractivity contribution in [2.45, 2.75) is 25.4 Å². The lowest BCUT2D eigenvalue weighted by Gasteiger charge is -2.14. The van der Waals surface area contributed by atoms with Crippen molar-refractivity contribution in [1.82, 2.24) is 10.6 Å². The largest absolute Gasteiger partial charge is 0.496 e. The van der Waals surface area contributed by atoms with Crippen molar-refractivity contribution in [1.29, 1.82) is 0 Å². The molecule has 20 heavy (non-hydrogen) atoms. The fourth-order valence-electron chi connectivity index (χ4n) is 2.29. The van der Waals surface area contributed by atoms with Gasteiger partial charge < -0.3 is 20.1 Å². The topological polar surface area (TPSA) is 42.5 Å². The Morgan fingerprint density at radius 3 is 3.00 bits per heavy atom. The lowest BCUT2D eigenvalue weighted by atomic mass is 10.1. The van der Waals surface area contributed by atoms with Gasteiger partial charge in [-0.25, -0.2) is 0 Å². The van der Waals surface area contributed by atoms with Crippen molar-refractivity contribution >= 4 is 17.3 Å². The molecule has 110 valence electrons. The first-order valence-electron chi connectivity index (χ1n) is 7.05. The summed E-state index contributed by atoms with van der Waals surface area (Å²) in [5, 5.41) is 7.11. The van der Waals surface area contributed by atoms with Crippen molar-refractivity contribution in [3.05, 3.63) is 29.8 Å². The molecule has 1 aliphatic heterocycles. The van der Waals surface area contributed by atoms with Gasteiger partial charge in [-0.1, -0.05) is 18.2 Å². The van der Waals surface area contributed by atoms with Crippen LogP contribution in [0.5, 0.6) is 5.75 Å². The Hall–Kier alpha value is -1.33. The van der Waals surface area contributed by atoms with Gasteiger partial charge in [-0.05, 0) is 43.1 Å². The van der Waals surface area contributed by atoms with E-state index in [-0.39, 0.29) is 0 Å². The summed E-state index contributed by atoms with van der Waals surface area (Å²) in [4.78, 5) is 0. The summed E-state index contributed by atoms with van der Waals surface area (Å²) in [6.07, 6.45) is 3.46. The Morgan fingerprint density at radius 1 is 1.40 bits per heavy atom. The second-order valence-electron chi connectivity index (χ2n) is 4.83. The van der Waals surface area contributed by atoms with Crippen LogP contribution in [0.4, 0.5) is 0 Å². The molecule has 0 bridgehead atoms. The van der Waals surface area contributed by atoms with Gasteiger partial charge in [0.2, 0.25) is 0 Å². The molecule has 2 rings (SSSR count). The van der Waals surface area contributed by atoms with Crippen LogP contribution in [0.2, 0.25) is 0 Å². The first-order valence-corrected chi connectivity index (χ1v) is 7.45. The molecule has 1 aromatic carbocycles. The Bertz CT molecular complexity index is 434. The third-order valence-electron chi connectivity index (χ3n) is 3.39. The Labute approximate surface area is 125 Å². The molecule has 0 spiro atoms. The summed E-state index contributed by atoms with van der Waals surface area (Å²) in [6, 6.07) is 8.04. The molecule has 1 aromatic rings. The van der Waals surface area contributed by atoms with Crippen molar-refractivity contribution in [3.63, 3.8) is 0 Å². The number of para-hydroxylation sites is 1. The number of methoxy groups -OCH3 is 1. The van der Waals surface area contributed by atoms with Crippen LogP contribution < -0.4 is 15.4 Å². The summed E-state index contributed by atoms with van der Waals surface area (Å²) < 4.78 is 10.9. The maximum absolute atomic E-state index is 5.54. The van der Waals surface area contributed by atoms with E-state index in [0.717, 1.165) is 44.7 Å². The zero-order valence-electron chi connectivity index (χ0n) is 11.9. The lowest BCUT2D eigenvalue weighted by Crippen LogP contribution is -2.40. The molecule has 0 saturated carbocycles. The highest BCUT2D eigenvalue weighted by atomic mass is 32.1. The highest BCUT2D eigenvalue weighted by Gasteiger charge is 2.15. The molecule has 0 radical (unpaired) electrons. The van der Waals surface area contributed by atoms with Crippen LogP contribution in [0, 0.1) is 0 Å². The number of rotatable bonds is 6. The third kappa shape index (κ3) is 4.65. The minimum Gasteiger partial charge on any atom is -0.496 e. The Kier molecular flexibility index (Phi) is 6.08. The third-order valence-corrected chi connectivity index (χ3v) is 3.68. The maximum atomic E-state index is 5.54. The van der Waals surface area contributed by atoms with Crippen LogP contribution in [-0.2, 0) is 11.2 Å². The molecule has 1 aliphatic rings. The van der Waals surface area contributed by atoms with Crippen LogP contribution in [0.3, 0.4) is 0 Å². The molecule has 1 heterocycles. The normalized spacial score (nSPS) is 17.8. The predicted molar refractivity (Wildman–Crippen MR) is 84.3 cm³/mol. The summed E-state index contributed by atoms with van der Waals surface area (Å²) in [6.45, 7) is 2.46. The minimum absolute atomic E-state index is 0.309. The minimum atomic E-state index is 0.309. The van der Waals surface area contributed by atoms with E-state index in [1.165, 1.54) is 5.56 Å². The Balaban J connectivity index is 1.65. The van der Waals surface area contributed by atoms with Crippen LogP contribution in [0.15, 0.2) is 24.3 Å². The predicted octanol–water partition coefficient (Wildman–Crippen LogP) is 1.88. The summed E-state index contributed by atoms with van der Waals surface area (Å²) >= 11 is 5.26. The molecule has 0 aromatic heterocycles. The second-order valence-corrected chi connectivity index (χ2v) is 5.24. The molecule has 2 N–H and O–H groups in total. The van der Waals surface area contributed by atoms with E-state index in [9.17, 15) is 0 Å². The smallest absolute Gasteiger partial charge is 0.166 e. The van der Waals surface area contributed by atoms with Gasteiger partial charge in [-0.15, -0.1) is 0 Å². The van der Waals surface area contributed by atoms with E-state index in [1.807, 2.05) is 18.2 Å². The zero-order chi connectivity index (χ0) is 14.2. The molecule has 1 atom stereocenters. The van der Waals surface area contributed by atoms with Gasteiger partial charge >= 0.3 is 0 Å². The van der Waals surface area contributed by atoms with Gasteiger partial charge in [-0.3, -0.25) is 0 Å². The SMILES string of the molecule is COc1ccccc1CCNC(=S)NC[C@@H]1CCCO1. The zero-order valence-corrected chi connectivity index (χ0v) is 12.7. The van der Waals surface area contributed by atoms with Gasteiger partial charge in [0.05, 0.1) is 13.2 Å². The van der Waals surface area contributed by atoms with Crippen LogP contribution in [-0.4, -0.2) is 38.0 Å². The summed E-state index contributed by atoms with van der Waals surface area (Å²) in [7, 11) is 1.69. The molecule has 0 unspecified atom stereocenters. The van der Waals surface area contributed by atoms with Crippen LogP contribution in [0.1, 0.15) is 18.4 Å². The van der Waals surface area contributed by atoms with E-state index in [0.29, 0.717) is 11.2 Å². The number of nitrogens with one attached hydrogen (secondary N) is 2. The summed E-state index contributed by atoms with van der Waals surface area (Å²) in [5.41, 5.74) is 1.18. The fourth-order valence-corrected chi connectivity index (χ4v) is 2.48. The van der Waals surface area contributed by atoms with Gasteiger partial charge in [0.1, 0.15) is 5.75 Å². The first-order chi connectivity index (χ1) is 9.79. The molecular weight excluding hydrogens is 272 g/mol. The van der Waals surface area contributed by atoms with E-state index in [4.69, 9.17) is 21.7 Å². The molecule has 0 amide bonds. The molecule has 4 nitrogen and oxygen atoms in total. The van der Waals surface area contributed by atoms with Gasteiger partial charge in [0.15, 0.2) is 5.11 Å². The first kappa shape index (κ1) is 15.1. The molecular formula is C15H22N2O2S. The van der Waals surface area contributed by atoms with Crippen LogP contribution in [0.25, 0.3) is 0 Å². The van der Waals surface area contributed by atoms with Crippen LogP contribution >= 0.6 is 12.2 Å². The van der Waals surface area contributed by atoms with Gasteiger partial charge in [0.25, 0.3) is 0 Å². The number of hydrogen-bond donors (Lipinski definition) is 2. The molecule has 5 heteroatoms. The van der Waals surface area contributed by atoms with Crippen molar-refractivity contribution in [3.8, 4) is 5.75 Å². The van der Waals surface area contributed by atoms with Crippen molar-refractivity contribution < 1.29 is 9.47 Å². The number of benzene rings is 1. The fraction of sp³-hybridized carbons (Fsp3) is 0.533. The highest BCUT2D eigenvalue weighted by molar-refractivity contribution is 7.80. The lowest BCUT2D eigenvalue weighted by molar-refractivity contribution is 0.114. The number of thiocarbonyl (C=S) groups is 1.